The Morgan fingerprint density at radius 2 is 1.85 bits per heavy atom. The summed E-state index contributed by atoms with van der Waals surface area (Å²) in [4.78, 5) is 7.75. The maximum absolute atomic E-state index is 13.1. The summed E-state index contributed by atoms with van der Waals surface area (Å²) in [7, 11) is -2.45. The second-order valence-electron chi connectivity index (χ2n) is 5.12. The molecule has 0 saturated heterocycles. The molecule has 20 heavy (non-hydrogen) atoms. The topological polar surface area (TPSA) is 84.0 Å². The third-order valence-electron chi connectivity index (χ3n) is 3.97. The Bertz CT molecular complexity index is 623. The predicted molar refractivity (Wildman–Crippen MR) is 66.8 cm³/mol. The minimum absolute atomic E-state index is 0.108. The van der Waals surface area contributed by atoms with E-state index < -0.39 is 27.8 Å². The largest absolute Gasteiger partial charge is 0.365 e. The lowest BCUT2D eigenvalue weighted by atomic mass is 10.1. The minimum atomic E-state index is -3.73. The highest BCUT2D eigenvalue weighted by Gasteiger charge is 2.71. The maximum atomic E-state index is 13.1. The van der Waals surface area contributed by atoms with Crippen LogP contribution in [0.1, 0.15) is 12.8 Å². The molecule has 9 heteroatoms. The number of nitrogens with zero attached hydrogens (tertiary/aromatic N) is 2. The summed E-state index contributed by atoms with van der Waals surface area (Å²) < 4.78 is 52.0. The van der Waals surface area contributed by atoms with E-state index in [0.717, 1.165) is 0 Å². The molecular formula is C11H14F2N4O2S. The van der Waals surface area contributed by atoms with Crippen LogP contribution in [0.25, 0.3) is 0 Å². The molecule has 3 rings (SSSR count). The fourth-order valence-electron chi connectivity index (χ4n) is 2.84. The Kier molecular flexibility index (Phi) is 2.94. The summed E-state index contributed by atoms with van der Waals surface area (Å²) in [6.45, 7) is 0. The van der Waals surface area contributed by atoms with E-state index in [1.807, 2.05) is 0 Å². The number of hydrogen-bond donors (Lipinski definition) is 2. The molecule has 6 nitrogen and oxygen atoms in total. The van der Waals surface area contributed by atoms with Crippen molar-refractivity contribution >= 4 is 15.8 Å². The van der Waals surface area contributed by atoms with Crippen molar-refractivity contribution in [1.29, 1.82) is 0 Å². The van der Waals surface area contributed by atoms with Gasteiger partial charge < -0.3 is 5.32 Å². The Hall–Kier alpha value is -1.35. The smallest absolute Gasteiger partial charge is 0.261 e. The molecule has 2 aliphatic rings. The molecule has 2 aliphatic carbocycles. The summed E-state index contributed by atoms with van der Waals surface area (Å²) in [6.07, 6.45) is 3.29. The van der Waals surface area contributed by atoms with E-state index in [9.17, 15) is 17.2 Å². The molecule has 0 bridgehead atoms. The van der Waals surface area contributed by atoms with Crippen LogP contribution >= 0.6 is 0 Å². The second-order valence-corrected chi connectivity index (χ2v) is 6.92. The first-order valence-corrected chi connectivity index (χ1v) is 7.73. The van der Waals surface area contributed by atoms with Crippen LogP contribution in [-0.4, -0.2) is 37.4 Å². The molecule has 1 aromatic heterocycles. The first kappa shape index (κ1) is 13.6. The van der Waals surface area contributed by atoms with Gasteiger partial charge in [0.2, 0.25) is 5.03 Å². The van der Waals surface area contributed by atoms with E-state index in [-0.39, 0.29) is 16.9 Å². The molecule has 0 radical (unpaired) electrons. The van der Waals surface area contributed by atoms with E-state index in [4.69, 9.17) is 0 Å². The molecule has 1 aromatic rings. The van der Waals surface area contributed by atoms with Crippen LogP contribution in [0.3, 0.4) is 0 Å². The van der Waals surface area contributed by atoms with Gasteiger partial charge in [0.15, 0.2) is 5.82 Å². The average molecular weight is 304 g/mol. The van der Waals surface area contributed by atoms with Crippen molar-refractivity contribution in [3.8, 4) is 0 Å². The van der Waals surface area contributed by atoms with Gasteiger partial charge in [-0.1, -0.05) is 0 Å². The van der Waals surface area contributed by atoms with Crippen LogP contribution in [-0.2, 0) is 10.0 Å². The van der Waals surface area contributed by atoms with E-state index in [1.165, 1.54) is 19.4 Å². The van der Waals surface area contributed by atoms with Gasteiger partial charge in [-0.15, -0.1) is 0 Å². The summed E-state index contributed by atoms with van der Waals surface area (Å²) in [5.41, 5.74) is 0. The van der Waals surface area contributed by atoms with E-state index in [0.29, 0.717) is 12.8 Å². The molecule has 2 saturated carbocycles. The number of hydrogen-bond acceptors (Lipinski definition) is 5. The van der Waals surface area contributed by atoms with Crippen LogP contribution in [0.15, 0.2) is 17.4 Å². The molecule has 110 valence electrons. The van der Waals surface area contributed by atoms with Gasteiger partial charge >= 0.3 is 0 Å². The highest BCUT2D eigenvalue weighted by atomic mass is 32.2. The lowest BCUT2D eigenvalue weighted by molar-refractivity contribution is 0.0709. The van der Waals surface area contributed by atoms with Gasteiger partial charge in [-0.05, 0) is 19.9 Å². The molecule has 2 fully saturated rings. The number of aromatic nitrogens is 2. The Balaban J connectivity index is 1.77. The normalized spacial score (nSPS) is 30.9. The second kappa shape index (κ2) is 4.32. The van der Waals surface area contributed by atoms with Gasteiger partial charge in [0.05, 0.1) is 0 Å². The molecule has 0 aliphatic heterocycles. The molecule has 0 aromatic carbocycles. The molecule has 1 heterocycles. The first-order valence-electron chi connectivity index (χ1n) is 6.25. The summed E-state index contributed by atoms with van der Waals surface area (Å²) >= 11 is 0. The van der Waals surface area contributed by atoms with Gasteiger partial charge in [0.1, 0.15) is 0 Å². The first-order chi connectivity index (χ1) is 9.36. The molecule has 0 spiro atoms. The van der Waals surface area contributed by atoms with Gasteiger partial charge in [-0.25, -0.2) is 31.9 Å². The number of fused-ring (bicyclic) bond motifs is 1. The zero-order valence-electron chi connectivity index (χ0n) is 10.7. The highest BCUT2D eigenvalue weighted by molar-refractivity contribution is 7.89. The van der Waals surface area contributed by atoms with Crippen LogP contribution in [0, 0.1) is 11.8 Å². The fraction of sp³-hybridized carbons (Fsp3) is 0.636. The number of sulfonamides is 1. The molecule has 1 unspecified atom stereocenters. The van der Waals surface area contributed by atoms with E-state index in [2.05, 4.69) is 20.0 Å². The van der Waals surface area contributed by atoms with Crippen molar-refractivity contribution in [2.75, 3.05) is 12.4 Å². The van der Waals surface area contributed by atoms with Gasteiger partial charge in [-0.2, -0.15) is 0 Å². The Morgan fingerprint density at radius 1 is 1.25 bits per heavy atom. The number of halogens is 2. The summed E-state index contributed by atoms with van der Waals surface area (Å²) in [6, 6.07) is -0.188. The fourth-order valence-corrected chi connectivity index (χ4v) is 3.60. The van der Waals surface area contributed by atoms with Crippen molar-refractivity contribution in [2.24, 2.45) is 11.8 Å². The van der Waals surface area contributed by atoms with E-state index in [1.54, 1.807) is 0 Å². The van der Waals surface area contributed by atoms with Crippen molar-refractivity contribution < 1.29 is 17.2 Å². The molecule has 0 amide bonds. The standard InChI is InChI=1S/C11H14F2N4O2S/c1-14-20(18,19)10-9(15-2-3-16-10)17-6-4-7-8(5-6)11(7,12)13/h2-3,6-8,14H,4-5H2,1H3,(H,15,17)/t6?,7-,8+. The minimum Gasteiger partial charge on any atom is -0.365 e. The zero-order chi connectivity index (χ0) is 14.5. The van der Waals surface area contributed by atoms with Crippen LogP contribution in [0.4, 0.5) is 14.6 Å². The number of nitrogens with one attached hydrogen (secondary N) is 2. The van der Waals surface area contributed by atoms with E-state index >= 15 is 0 Å². The number of anilines is 1. The zero-order valence-corrected chi connectivity index (χ0v) is 11.5. The van der Waals surface area contributed by atoms with Gasteiger partial charge in [-0.3, -0.25) is 0 Å². The Morgan fingerprint density at radius 3 is 2.45 bits per heavy atom. The maximum Gasteiger partial charge on any atom is 0.261 e. The number of rotatable bonds is 4. The lowest BCUT2D eigenvalue weighted by Crippen LogP contribution is -2.26. The molecule has 2 N–H and O–H groups in total. The third kappa shape index (κ3) is 2.05. The summed E-state index contributed by atoms with van der Waals surface area (Å²) in [5.74, 6) is -3.60. The van der Waals surface area contributed by atoms with Crippen LogP contribution in [0.2, 0.25) is 0 Å². The van der Waals surface area contributed by atoms with Crippen LogP contribution < -0.4 is 10.0 Å². The third-order valence-corrected chi connectivity index (χ3v) is 5.32. The SMILES string of the molecule is CNS(=O)(=O)c1nccnc1NC1C[C@@H]2[C@H](C1)C2(F)F. The Labute approximate surface area is 115 Å². The quantitative estimate of drug-likeness (QED) is 0.861. The monoisotopic (exact) mass is 304 g/mol. The average Bonchev–Trinajstić information content (AvgIpc) is 2.79. The van der Waals surface area contributed by atoms with Crippen LogP contribution in [0.5, 0.6) is 0 Å². The van der Waals surface area contributed by atoms with Crippen molar-refractivity contribution in [3.63, 3.8) is 0 Å². The molecular weight excluding hydrogens is 290 g/mol. The lowest BCUT2D eigenvalue weighted by Gasteiger charge is -2.18. The van der Waals surface area contributed by atoms with Gasteiger partial charge in [0.25, 0.3) is 15.9 Å². The van der Waals surface area contributed by atoms with Crippen molar-refractivity contribution in [3.05, 3.63) is 12.4 Å². The predicted octanol–water partition coefficient (Wildman–Crippen LogP) is 0.840. The number of alkyl halides is 2. The highest BCUT2D eigenvalue weighted by Crippen LogP contribution is 2.64. The van der Waals surface area contributed by atoms with Gasteiger partial charge in [0, 0.05) is 30.3 Å². The molecule has 3 atom stereocenters. The van der Waals surface area contributed by atoms with Crippen molar-refractivity contribution in [2.45, 2.75) is 29.8 Å². The summed E-state index contributed by atoms with van der Waals surface area (Å²) in [5, 5.41) is 2.71. The van der Waals surface area contributed by atoms with Crippen molar-refractivity contribution in [1.82, 2.24) is 14.7 Å².